The van der Waals surface area contributed by atoms with Crippen molar-refractivity contribution in [2.45, 2.75) is 12.8 Å². The molecule has 22 heavy (non-hydrogen) atoms. The van der Waals surface area contributed by atoms with Gasteiger partial charge in [0.05, 0.1) is 17.7 Å². The Kier molecular flexibility index (Phi) is 5.14. The van der Waals surface area contributed by atoms with Crippen LogP contribution in [0.2, 0.25) is 0 Å². The van der Waals surface area contributed by atoms with E-state index in [1.165, 1.54) is 23.8 Å². The Labute approximate surface area is 127 Å². The second-order valence-electron chi connectivity index (χ2n) is 4.76. The molecular weight excluding hydrogens is 284 g/mol. The first-order valence-electron chi connectivity index (χ1n) is 6.85. The van der Waals surface area contributed by atoms with E-state index in [1.807, 2.05) is 30.3 Å². The van der Waals surface area contributed by atoms with Crippen LogP contribution in [0.3, 0.4) is 0 Å². The molecule has 114 valence electrons. The number of carboxylic acid groups (broad SMARTS) is 2. The summed E-state index contributed by atoms with van der Waals surface area (Å²) in [6.45, 7) is 0.431. The average Bonchev–Trinajstić information content (AvgIpc) is 2.52. The van der Waals surface area contributed by atoms with Gasteiger partial charge in [-0.2, -0.15) is 0 Å². The van der Waals surface area contributed by atoms with Crippen molar-refractivity contribution in [1.29, 1.82) is 0 Å². The molecule has 0 saturated heterocycles. The van der Waals surface area contributed by atoms with Crippen molar-refractivity contribution in [2.75, 3.05) is 6.61 Å². The van der Waals surface area contributed by atoms with E-state index >= 15 is 0 Å². The van der Waals surface area contributed by atoms with Crippen LogP contribution in [0.15, 0.2) is 48.5 Å². The Morgan fingerprint density at radius 1 is 0.909 bits per heavy atom. The van der Waals surface area contributed by atoms with Crippen molar-refractivity contribution in [3.8, 4) is 5.75 Å². The molecule has 0 unspecified atom stereocenters. The molecule has 2 rings (SSSR count). The summed E-state index contributed by atoms with van der Waals surface area (Å²) < 4.78 is 5.50. The smallest absolute Gasteiger partial charge is 0.336 e. The Balaban J connectivity index is 1.94. The maximum Gasteiger partial charge on any atom is 0.336 e. The lowest BCUT2D eigenvalue weighted by Crippen LogP contribution is -2.09. The van der Waals surface area contributed by atoms with Gasteiger partial charge in [0.1, 0.15) is 5.75 Å². The third kappa shape index (κ3) is 4.09. The summed E-state index contributed by atoms with van der Waals surface area (Å²) in [5.74, 6) is -2.20. The second-order valence-corrected chi connectivity index (χ2v) is 4.76. The SMILES string of the molecule is O=C(O)c1ccc(OCCCc2ccccc2)cc1C(=O)O. The lowest BCUT2D eigenvalue weighted by molar-refractivity contribution is 0.0651. The molecule has 0 bridgehead atoms. The van der Waals surface area contributed by atoms with Crippen LogP contribution in [0.1, 0.15) is 32.7 Å². The Morgan fingerprint density at radius 3 is 2.23 bits per heavy atom. The minimum Gasteiger partial charge on any atom is -0.494 e. The third-order valence-corrected chi connectivity index (χ3v) is 3.17. The van der Waals surface area contributed by atoms with E-state index in [-0.39, 0.29) is 11.1 Å². The molecule has 0 aliphatic carbocycles. The Hall–Kier alpha value is -2.82. The summed E-state index contributed by atoms with van der Waals surface area (Å²) in [5.41, 5.74) is 0.691. The van der Waals surface area contributed by atoms with Crippen LogP contribution in [0, 0.1) is 0 Å². The first-order valence-corrected chi connectivity index (χ1v) is 6.85. The van der Waals surface area contributed by atoms with Crippen molar-refractivity contribution in [3.63, 3.8) is 0 Å². The van der Waals surface area contributed by atoms with Crippen LogP contribution in [-0.2, 0) is 6.42 Å². The van der Waals surface area contributed by atoms with Crippen molar-refractivity contribution in [2.24, 2.45) is 0 Å². The zero-order chi connectivity index (χ0) is 15.9. The Morgan fingerprint density at radius 2 is 1.59 bits per heavy atom. The lowest BCUT2D eigenvalue weighted by atomic mass is 10.1. The predicted molar refractivity (Wildman–Crippen MR) is 80.6 cm³/mol. The van der Waals surface area contributed by atoms with Gasteiger partial charge < -0.3 is 14.9 Å². The zero-order valence-corrected chi connectivity index (χ0v) is 11.9. The predicted octanol–water partition coefficient (Wildman–Crippen LogP) is 3.09. The Bertz CT molecular complexity index is 664. The normalized spacial score (nSPS) is 10.2. The van der Waals surface area contributed by atoms with E-state index in [9.17, 15) is 9.59 Å². The molecule has 0 aliphatic heterocycles. The summed E-state index contributed by atoms with van der Waals surface area (Å²) >= 11 is 0. The summed E-state index contributed by atoms with van der Waals surface area (Å²) in [5, 5.41) is 18.0. The number of aromatic carboxylic acids is 2. The van der Waals surface area contributed by atoms with Gasteiger partial charge in [0.2, 0.25) is 0 Å². The number of ether oxygens (including phenoxy) is 1. The fourth-order valence-corrected chi connectivity index (χ4v) is 2.09. The summed E-state index contributed by atoms with van der Waals surface area (Å²) in [4.78, 5) is 22.0. The molecular formula is C17H16O5. The highest BCUT2D eigenvalue weighted by atomic mass is 16.5. The topological polar surface area (TPSA) is 83.8 Å². The molecule has 0 heterocycles. The third-order valence-electron chi connectivity index (χ3n) is 3.17. The van der Waals surface area contributed by atoms with Gasteiger partial charge in [-0.3, -0.25) is 0 Å². The molecule has 2 aromatic carbocycles. The average molecular weight is 300 g/mol. The van der Waals surface area contributed by atoms with Crippen LogP contribution in [0.4, 0.5) is 0 Å². The number of benzene rings is 2. The number of hydrogen-bond donors (Lipinski definition) is 2. The minimum atomic E-state index is -1.29. The molecule has 0 fully saturated rings. The molecule has 0 spiro atoms. The van der Waals surface area contributed by atoms with Gasteiger partial charge in [-0.05, 0) is 36.6 Å². The maximum atomic E-state index is 11.1. The van der Waals surface area contributed by atoms with Crippen LogP contribution in [0.5, 0.6) is 5.75 Å². The number of aryl methyl sites for hydroxylation is 1. The number of carboxylic acids is 2. The highest BCUT2D eigenvalue weighted by Gasteiger charge is 2.16. The van der Waals surface area contributed by atoms with E-state index in [2.05, 4.69) is 0 Å². The molecule has 0 atom stereocenters. The first-order chi connectivity index (χ1) is 10.6. The molecule has 5 heteroatoms. The number of carbonyl (C=O) groups is 2. The molecule has 2 aromatic rings. The quantitative estimate of drug-likeness (QED) is 0.768. The second kappa shape index (κ2) is 7.26. The summed E-state index contributed by atoms with van der Waals surface area (Å²) in [7, 11) is 0. The van der Waals surface area contributed by atoms with Gasteiger partial charge in [0, 0.05) is 0 Å². The van der Waals surface area contributed by atoms with Gasteiger partial charge in [-0.1, -0.05) is 30.3 Å². The van der Waals surface area contributed by atoms with Gasteiger partial charge in [-0.15, -0.1) is 0 Å². The summed E-state index contributed by atoms with van der Waals surface area (Å²) in [6, 6.07) is 13.9. The van der Waals surface area contributed by atoms with Crippen molar-refractivity contribution < 1.29 is 24.5 Å². The molecule has 0 saturated carbocycles. The zero-order valence-electron chi connectivity index (χ0n) is 11.9. The van der Waals surface area contributed by atoms with Gasteiger partial charge in [0.25, 0.3) is 0 Å². The highest BCUT2D eigenvalue weighted by molar-refractivity contribution is 6.01. The molecule has 5 nitrogen and oxygen atoms in total. The first kappa shape index (κ1) is 15.6. The minimum absolute atomic E-state index is 0.246. The van der Waals surface area contributed by atoms with E-state index < -0.39 is 11.9 Å². The molecule has 2 N–H and O–H groups in total. The largest absolute Gasteiger partial charge is 0.494 e. The fourth-order valence-electron chi connectivity index (χ4n) is 2.09. The van der Waals surface area contributed by atoms with Crippen molar-refractivity contribution in [1.82, 2.24) is 0 Å². The van der Waals surface area contributed by atoms with Crippen molar-refractivity contribution >= 4 is 11.9 Å². The maximum absolute atomic E-state index is 11.1. The van der Waals surface area contributed by atoms with E-state index in [4.69, 9.17) is 14.9 Å². The highest BCUT2D eigenvalue weighted by Crippen LogP contribution is 2.19. The lowest BCUT2D eigenvalue weighted by Gasteiger charge is -2.08. The van der Waals surface area contributed by atoms with Crippen LogP contribution in [-0.4, -0.2) is 28.8 Å². The monoisotopic (exact) mass is 300 g/mol. The van der Waals surface area contributed by atoms with Crippen LogP contribution < -0.4 is 4.74 Å². The fraction of sp³-hybridized carbons (Fsp3) is 0.176. The standard InChI is InChI=1S/C17H16O5/c18-16(19)14-9-8-13(11-15(14)17(20)21)22-10-4-7-12-5-2-1-3-6-12/h1-3,5-6,8-9,11H,4,7,10H2,(H,18,19)(H,20,21). The number of hydrogen-bond acceptors (Lipinski definition) is 3. The van der Waals surface area contributed by atoms with E-state index in [0.717, 1.165) is 12.8 Å². The van der Waals surface area contributed by atoms with Gasteiger partial charge in [0.15, 0.2) is 0 Å². The van der Waals surface area contributed by atoms with E-state index in [0.29, 0.717) is 12.4 Å². The molecule has 0 aliphatic rings. The van der Waals surface area contributed by atoms with Crippen molar-refractivity contribution in [3.05, 3.63) is 65.2 Å². The molecule has 0 radical (unpaired) electrons. The summed E-state index contributed by atoms with van der Waals surface area (Å²) in [6.07, 6.45) is 1.65. The van der Waals surface area contributed by atoms with Crippen LogP contribution in [0.25, 0.3) is 0 Å². The molecule has 0 aromatic heterocycles. The van der Waals surface area contributed by atoms with E-state index in [1.54, 1.807) is 0 Å². The van der Waals surface area contributed by atoms with Gasteiger partial charge in [-0.25, -0.2) is 9.59 Å². The van der Waals surface area contributed by atoms with Gasteiger partial charge >= 0.3 is 11.9 Å². The number of rotatable bonds is 7. The van der Waals surface area contributed by atoms with Crippen LogP contribution >= 0.6 is 0 Å². The molecule has 0 amide bonds.